The van der Waals surface area contributed by atoms with Crippen LogP contribution in [0.3, 0.4) is 0 Å². The number of nitrogens with one attached hydrogen (secondary N) is 1. The van der Waals surface area contributed by atoms with Crippen molar-refractivity contribution in [1.29, 1.82) is 0 Å². The number of thioether (sulfide) groups is 1. The van der Waals surface area contributed by atoms with Gasteiger partial charge in [-0.3, -0.25) is 4.79 Å². The molecule has 2 aromatic carbocycles. The molecule has 1 aromatic heterocycles. The molecule has 0 radical (unpaired) electrons. The summed E-state index contributed by atoms with van der Waals surface area (Å²) in [7, 11) is 1.82. The number of carbonyl (C=O) groups excluding carboxylic acids is 1. The molecule has 5 nitrogen and oxygen atoms in total. The quantitative estimate of drug-likeness (QED) is 0.683. The van der Waals surface area contributed by atoms with E-state index in [9.17, 15) is 9.18 Å². The van der Waals surface area contributed by atoms with Crippen molar-refractivity contribution in [3.63, 3.8) is 0 Å². The Hall–Kier alpha value is -2.38. The fourth-order valence-corrected chi connectivity index (χ4v) is 3.11. The maximum Gasteiger partial charge on any atom is 0.234 e. The molecule has 1 amide bonds. The van der Waals surface area contributed by atoms with Crippen LogP contribution in [0.4, 0.5) is 10.1 Å². The van der Waals surface area contributed by atoms with Gasteiger partial charge in [-0.25, -0.2) is 4.39 Å². The van der Waals surface area contributed by atoms with Gasteiger partial charge in [0.1, 0.15) is 5.82 Å². The Bertz CT molecular complexity index is 915. The Morgan fingerprint density at radius 1 is 1.24 bits per heavy atom. The van der Waals surface area contributed by atoms with Crippen molar-refractivity contribution in [2.45, 2.75) is 5.16 Å². The molecule has 0 fully saturated rings. The summed E-state index contributed by atoms with van der Waals surface area (Å²) in [4.78, 5) is 12.0. The van der Waals surface area contributed by atoms with Crippen molar-refractivity contribution in [2.75, 3.05) is 11.1 Å². The molecule has 0 saturated heterocycles. The number of hydrogen-bond donors (Lipinski definition) is 1. The summed E-state index contributed by atoms with van der Waals surface area (Å²) in [6.07, 6.45) is 0. The highest BCUT2D eigenvalue weighted by atomic mass is 35.5. The first kappa shape index (κ1) is 17.4. The van der Waals surface area contributed by atoms with Crippen molar-refractivity contribution in [3.05, 3.63) is 59.4 Å². The van der Waals surface area contributed by atoms with Crippen LogP contribution in [0, 0.1) is 5.82 Å². The van der Waals surface area contributed by atoms with Gasteiger partial charge in [0.25, 0.3) is 0 Å². The molecule has 1 heterocycles. The molecule has 1 N–H and O–H groups in total. The van der Waals surface area contributed by atoms with E-state index in [4.69, 9.17) is 11.6 Å². The largest absolute Gasteiger partial charge is 0.325 e. The number of carbonyl (C=O) groups is 1. The maximum atomic E-state index is 13.1. The Balaban J connectivity index is 1.65. The lowest BCUT2D eigenvalue weighted by Gasteiger charge is -2.06. The topological polar surface area (TPSA) is 59.8 Å². The minimum absolute atomic E-state index is 0.137. The van der Waals surface area contributed by atoms with Gasteiger partial charge in [-0.15, -0.1) is 10.2 Å². The molecule has 0 atom stereocenters. The molecule has 25 heavy (non-hydrogen) atoms. The molecule has 0 spiro atoms. The lowest BCUT2D eigenvalue weighted by molar-refractivity contribution is -0.113. The third kappa shape index (κ3) is 4.37. The monoisotopic (exact) mass is 376 g/mol. The van der Waals surface area contributed by atoms with Crippen molar-refractivity contribution in [2.24, 2.45) is 7.05 Å². The van der Waals surface area contributed by atoms with Gasteiger partial charge in [0.15, 0.2) is 11.0 Å². The molecule has 128 valence electrons. The van der Waals surface area contributed by atoms with E-state index in [1.807, 2.05) is 19.2 Å². The van der Waals surface area contributed by atoms with E-state index in [1.165, 1.54) is 30.0 Å². The van der Waals surface area contributed by atoms with Gasteiger partial charge >= 0.3 is 0 Å². The fraction of sp³-hybridized carbons (Fsp3) is 0.118. The predicted molar refractivity (Wildman–Crippen MR) is 97.2 cm³/mol. The summed E-state index contributed by atoms with van der Waals surface area (Å²) in [5.74, 6) is 0.154. The number of amides is 1. The van der Waals surface area contributed by atoms with Gasteiger partial charge in [-0.1, -0.05) is 41.6 Å². The molecule has 0 unspecified atom stereocenters. The third-order valence-electron chi connectivity index (χ3n) is 3.36. The van der Waals surface area contributed by atoms with Crippen LogP contribution in [0.15, 0.2) is 53.7 Å². The van der Waals surface area contributed by atoms with Crippen LogP contribution in [0.1, 0.15) is 0 Å². The molecular weight excluding hydrogens is 363 g/mol. The van der Waals surface area contributed by atoms with Crippen LogP contribution < -0.4 is 5.32 Å². The second-order valence-corrected chi connectivity index (χ2v) is 6.60. The average Bonchev–Trinajstić information content (AvgIpc) is 2.94. The summed E-state index contributed by atoms with van der Waals surface area (Å²) in [6.45, 7) is 0. The minimum Gasteiger partial charge on any atom is -0.325 e. The van der Waals surface area contributed by atoms with Crippen molar-refractivity contribution >= 4 is 35.0 Å². The van der Waals surface area contributed by atoms with Gasteiger partial charge in [0, 0.05) is 23.3 Å². The number of rotatable bonds is 5. The molecule has 0 aliphatic heterocycles. The van der Waals surface area contributed by atoms with Gasteiger partial charge in [-0.2, -0.15) is 0 Å². The van der Waals surface area contributed by atoms with Crippen molar-refractivity contribution in [3.8, 4) is 11.4 Å². The zero-order valence-electron chi connectivity index (χ0n) is 13.2. The summed E-state index contributed by atoms with van der Waals surface area (Å²) in [6, 6.07) is 13.1. The number of benzene rings is 2. The lowest BCUT2D eigenvalue weighted by atomic mass is 10.2. The van der Waals surface area contributed by atoms with E-state index in [0.29, 0.717) is 21.7 Å². The molecule has 0 aliphatic rings. The highest BCUT2D eigenvalue weighted by Gasteiger charge is 2.13. The van der Waals surface area contributed by atoms with Crippen LogP contribution >= 0.6 is 23.4 Å². The van der Waals surface area contributed by atoms with Gasteiger partial charge < -0.3 is 9.88 Å². The van der Waals surface area contributed by atoms with E-state index >= 15 is 0 Å². The Morgan fingerprint density at radius 2 is 2.04 bits per heavy atom. The van der Waals surface area contributed by atoms with Crippen molar-refractivity contribution < 1.29 is 9.18 Å². The Morgan fingerprint density at radius 3 is 2.80 bits per heavy atom. The molecule has 8 heteroatoms. The number of hydrogen-bond acceptors (Lipinski definition) is 4. The van der Waals surface area contributed by atoms with E-state index < -0.39 is 5.82 Å². The van der Waals surface area contributed by atoms with Gasteiger partial charge in [-0.05, 0) is 30.3 Å². The Kier molecular flexibility index (Phi) is 5.35. The highest BCUT2D eigenvalue weighted by Crippen LogP contribution is 2.24. The standard InChI is InChI=1S/C17H14ClFN4OS/c1-23-16(11-4-2-5-12(18)8-11)21-22-17(23)25-10-15(24)20-14-7-3-6-13(19)9-14/h2-9H,10H2,1H3,(H,20,24). The van der Waals surface area contributed by atoms with E-state index in [-0.39, 0.29) is 11.7 Å². The number of halogens is 2. The second-order valence-electron chi connectivity index (χ2n) is 5.22. The van der Waals surface area contributed by atoms with E-state index in [2.05, 4.69) is 15.5 Å². The predicted octanol–water partition coefficient (Wildman–Crippen LogP) is 4.01. The number of aromatic nitrogens is 3. The maximum absolute atomic E-state index is 13.1. The average molecular weight is 377 g/mol. The Labute approximate surface area is 153 Å². The zero-order chi connectivity index (χ0) is 17.8. The number of anilines is 1. The SMILES string of the molecule is Cn1c(SCC(=O)Nc2cccc(F)c2)nnc1-c1cccc(Cl)c1. The molecular formula is C17H14ClFN4OS. The summed E-state index contributed by atoms with van der Waals surface area (Å²) in [5, 5.41) is 12.1. The first-order valence-electron chi connectivity index (χ1n) is 7.36. The van der Waals surface area contributed by atoms with Crippen LogP contribution in [-0.2, 0) is 11.8 Å². The second kappa shape index (κ2) is 7.67. The molecule has 0 aliphatic carbocycles. The molecule has 3 aromatic rings. The summed E-state index contributed by atoms with van der Waals surface area (Å²) in [5.41, 5.74) is 1.27. The van der Waals surface area contributed by atoms with Gasteiger partial charge in [0.2, 0.25) is 5.91 Å². The van der Waals surface area contributed by atoms with Crippen LogP contribution in [0.5, 0.6) is 0 Å². The highest BCUT2D eigenvalue weighted by molar-refractivity contribution is 7.99. The minimum atomic E-state index is -0.398. The summed E-state index contributed by atoms with van der Waals surface area (Å²) >= 11 is 7.25. The number of nitrogens with zero attached hydrogens (tertiary/aromatic N) is 3. The van der Waals surface area contributed by atoms with Crippen LogP contribution in [-0.4, -0.2) is 26.4 Å². The summed E-state index contributed by atoms with van der Waals surface area (Å²) < 4.78 is 14.9. The van der Waals surface area contributed by atoms with Crippen LogP contribution in [0.25, 0.3) is 11.4 Å². The molecule has 0 bridgehead atoms. The van der Waals surface area contributed by atoms with Gasteiger partial charge in [0.05, 0.1) is 5.75 Å². The molecule has 3 rings (SSSR count). The smallest absolute Gasteiger partial charge is 0.234 e. The van der Waals surface area contributed by atoms with Crippen molar-refractivity contribution in [1.82, 2.24) is 14.8 Å². The van der Waals surface area contributed by atoms with Crippen LogP contribution in [0.2, 0.25) is 5.02 Å². The third-order valence-corrected chi connectivity index (χ3v) is 4.61. The van der Waals surface area contributed by atoms with E-state index in [0.717, 1.165) is 5.56 Å². The zero-order valence-corrected chi connectivity index (χ0v) is 14.8. The lowest BCUT2D eigenvalue weighted by Crippen LogP contribution is -2.14. The normalized spacial score (nSPS) is 10.7. The fourth-order valence-electron chi connectivity index (χ4n) is 2.21. The van der Waals surface area contributed by atoms with E-state index in [1.54, 1.807) is 22.8 Å². The molecule has 0 saturated carbocycles. The first-order chi connectivity index (χ1) is 12.0. The first-order valence-corrected chi connectivity index (χ1v) is 8.73.